The maximum absolute atomic E-state index is 12.8. The van der Waals surface area contributed by atoms with Crippen molar-refractivity contribution in [1.82, 2.24) is 9.97 Å². The molecule has 7 nitrogen and oxygen atoms in total. The summed E-state index contributed by atoms with van der Waals surface area (Å²) in [6, 6.07) is 9.90. The highest BCUT2D eigenvalue weighted by Crippen LogP contribution is 2.39. The molecule has 2 aromatic heterocycles. The first-order valence-electron chi connectivity index (χ1n) is 14.4. The molecule has 0 N–H and O–H groups in total. The van der Waals surface area contributed by atoms with Crippen LogP contribution < -0.4 is 14.5 Å². The van der Waals surface area contributed by atoms with Gasteiger partial charge in [0, 0.05) is 43.2 Å². The Bertz CT molecular complexity index is 1350. The van der Waals surface area contributed by atoms with Crippen LogP contribution in [0.25, 0.3) is 11.3 Å². The Hall–Kier alpha value is -3.32. The van der Waals surface area contributed by atoms with E-state index in [1.807, 2.05) is 71.4 Å². The van der Waals surface area contributed by atoms with Crippen LogP contribution in [0, 0.1) is 19.3 Å². The number of benzene rings is 1. The molecule has 0 radical (unpaired) electrons. The number of piperidine rings is 1. The maximum atomic E-state index is 12.8. The van der Waals surface area contributed by atoms with Crippen LogP contribution in [-0.2, 0) is 16.0 Å². The van der Waals surface area contributed by atoms with E-state index in [9.17, 15) is 4.79 Å². The van der Waals surface area contributed by atoms with Crippen LogP contribution in [0.2, 0.25) is 5.02 Å². The largest absolute Gasteiger partial charge is 0.490 e. The van der Waals surface area contributed by atoms with E-state index in [0.717, 1.165) is 65.4 Å². The molecule has 0 saturated carbocycles. The SMILES string of the molecule is Cc1ccc(OCCN(C)c2ccc(-c3cnc(C)c(CC(=O)OC(C)C)c3N3CCC(C)(C)CC3)nc2)c(Cl)c1. The predicted molar refractivity (Wildman–Crippen MR) is 167 cm³/mol. The third-order valence-electron chi connectivity index (χ3n) is 7.72. The van der Waals surface area contributed by atoms with E-state index in [-0.39, 0.29) is 18.5 Å². The van der Waals surface area contributed by atoms with Crippen molar-refractivity contribution >= 4 is 28.9 Å². The minimum absolute atomic E-state index is 0.163. The smallest absolute Gasteiger partial charge is 0.310 e. The minimum Gasteiger partial charge on any atom is -0.490 e. The first kappa shape index (κ1) is 30.6. The molecule has 8 heteroatoms. The molecule has 220 valence electrons. The monoisotopic (exact) mass is 578 g/mol. The number of hydrogen-bond donors (Lipinski definition) is 0. The Labute approximate surface area is 249 Å². The van der Waals surface area contributed by atoms with Crippen molar-refractivity contribution in [1.29, 1.82) is 0 Å². The van der Waals surface area contributed by atoms with E-state index < -0.39 is 0 Å². The summed E-state index contributed by atoms with van der Waals surface area (Å²) in [6.07, 6.45) is 5.96. The number of anilines is 2. The van der Waals surface area contributed by atoms with E-state index in [1.54, 1.807) is 0 Å². The number of hydrogen-bond acceptors (Lipinski definition) is 7. The molecule has 41 heavy (non-hydrogen) atoms. The van der Waals surface area contributed by atoms with Gasteiger partial charge in [-0.25, -0.2) is 0 Å². The van der Waals surface area contributed by atoms with E-state index >= 15 is 0 Å². The average molecular weight is 579 g/mol. The average Bonchev–Trinajstić information content (AvgIpc) is 2.91. The highest BCUT2D eigenvalue weighted by molar-refractivity contribution is 6.32. The number of ether oxygens (including phenoxy) is 2. The van der Waals surface area contributed by atoms with Crippen LogP contribution in [0.5, 0.6) is 5.75 Å². The third-order valence-corrected chi connectivity index (χ3v) is 8.02. The van der Waals surface area contributed by atoms with Gasteiger partial charge in [0.2, 0.25) is 0 Å². The first-order valence-corrected chi connectivity index (χ1v) is 14.8. The van der Waals surface area contributed by atoms with E-state index in [0.29, 0.717) is 29.3 Å². The van der Waals surface area contributed by atoms with Crippen molar-refractivity contribution in [3.8, 4) is 17.0 Å². The fourth-order valence-electron chi connectivity index (χ4n) is 5.09. The zero-order valence-corrected chi connectivity index (χ0v) is 26.2. The Morgan fingerprint density at radius 1 is 1.10 bits per heavy atom. The fourth-order valence-corrected chi connectivity index (χ4v) is 5.38. The molecule has 3 aromatic rings. The molecule has 4 rings (SSSR count). The van der Waals surface area contributed by atoms with Crippen molar-refractivity contribution in [2.24, 2.45) is 5.41 Å². The minimum atomic E-state index is -0.236. The molecule has 1 fully saturated rings. The molecule has 1 aliphatic heterocycles. The number of carbonyl (C=O) groups excluding carboxylic acids is 1. The number of pyridine rings is 2. The van der Waals surface area contributed by atoms with Crippen molar-refractivity contribution in [3.05, 3.63) is 64.6 Å². The lowest BCUT2D eigenvalue weighted by molar-refractivity contribution is -0.146. The topological polar surface area (TPSA) is 67.8 Å². The van der Waals surface area contributed by atoms with Gasteiger partial charge in [0.15, 0.2) is 0 Å². The Morgan fingerprint density at radius 3 is 2.46 bits per heavy atom. The molecule has 0 aliphatic carbocycles. The van der Waals surface area contributed by atoms with Crippen LogP contribution in [-0.4, -0.2) is 55.3 Å². The third kappa shape index (κ3) is 7.91. The summed E-state index contributed by atoms with van der Waals surface area (Å²) in [5.41, 5.74) is 6.96. The van der Waals surface area contributed by atoms with Crippen LogP contribution in [0.4, 0.5) is 11.4 Å². The van der Waals surface area contributed by atoms with Crippen molar-refractivity contribution in [3.63, 3.8) is 0 Å². The van der Waals surface area contributed by atoms with Crippen LogP contribution >= 0.6 is 11.6 Å². The summed E-state index contributed by atoms with van der Waals surface area (Å²) in [5.74, 6) is 0.451. The Kier molecular flexibility index (Phi) is 9.80. The zero-order valence-electron chi connectivity index (χ0n) is 25.5. The molecule has 1 aliphatic rings. The number of esters is 1. The summed E-state index contributed by atoms with van der Waals surface area (Å²) in [7, 11) is 2.02. The van der Waals surface area contributed by atoms with Gasteiger partial charge in [-0.2, -0.15) is 0 Å². The van der Waals surface area contributed by atoms with Gasteiger partial charge in [-0.3, -0.25) is 14.8 Å². The summed E-state index contributed by atoms with van der Waals surface area (Å²) in [4.78, 5) is 26.8. The van der Waals surface area contributed by atoms with Crippen LogP contribution in [0.15, 0.2) is 42.7 Å². The number of halogens is 1. The normalized spacial score (nSPS) is 14.7. The molecule has 0 spiro atoms. The maximum Gasteiger partial charge on any atom is 0.310 e. The molecule has 1 saturated heterocycles. The van der Waals surface area contributed by atoms with Crippen molar-refractivity contribution < 1.29 is 14.3 Å². The second-order valence-corrected chi connectivity index (χ2v) is 12.5. The fraction of sp³-hybridized carbons (Fsp3) is 0.485. The lowest BCUT2D eigenvalue weighted by atomic mass is 9.82. The zero-order chi connectivity index (χ0) is 29.7. The van der Waals surface area contributed by atoms with Gasteiger partial charge >= 0.3 is 5.97 Å². The predicted octanol–water partition coefficient (Wildman–Crippen LogP) is 7.05. The number of aryl methyl sites for hydroxylation is 2. The molecular weight excluding hydrogens is 536 g/mol. The second kappa shape index (κ2) is 13.1. The quantitative estimate of drug-likeness (QED) is 0.239. The second-order valence-electron chi connectivity index (χ2n) is 12.1. The number of likely N-dealkylation sites (N-methyl/N-ethyl adjacent to an activating group) is 1. The van der Waals surface area contributed by atoms with Gasteiger partial charge in [0.1, 0.15) is 12.4 Å². The summed E-state index contributed by atoms with van der Waals surface area (Å²) in [5, 5.41) is 0.621. The molecule has 0 unspecified atom stereocenters. The van der Waals surface area contributed by atoms with E-state index in [1.165, 1.54) is 0 Å². The number of rotatable bonds is 10. The molecule has 0 amide bonds. The van der Waals surface area contributed by atoms with Gasteiger partial charge < -0.3 is 19.3 Å². The number of aromatic nitrogens is 2. The van der Waals surface area contributed by atoms with Gasteiger partial charge in [-0.15, -0.1) is 0 Å². The molecule has 0 atom stereocenters. The van der Waals surface area contributed by atoms with E-state index in [4.69, 9.17) is 31.0 Å². The van der Waals surface area contributed by atoms with E-state index in [2.05, 4.69) is 29.7 Å². The van der Waals surface area contributed by atoms with Gasteiger partial charge in [0.25, 0.3) is 0 Å². The highest BCUT2D eigenvalue weighted by Gasteiger charge is 2.30. The standard InChI is InChI=1S/C33H43ClN4O3/c1-22(2)41-31(39)19-26-24(4)35-21-27(32(26)38-14-12-33(5,6)13-15-38)29-10-9-25(20-36-29)37(7)16-17-40-30-11-8-23(3)18-28(30)34/h8-11,18,20-22H,12-17,19H2,1-7H3. The van der Waals surface area contributed by atoms with Crippen LogP contribution in [0.3, 0.4) is 0 Å². The lowest BCUT2D eigenvalue weighted by Crippen LogP contribution is -2.38. The van der Waals surface area contributed by atoms with Crippen molar-refractivity contribution in [2.75, 3.05) is 43.1 Å². The van der Waals surface area contributed by atoms with Crippen LogP contribution in [0.1, 0.15) is 57.4 Å². The summed E-state index contributed by atoms with van der Waals surface area (Å²) < 4.78 is 11.4. The summed E-state index contributed by atoms with van der Waals surface area (Å²) in [6.45, 7) is 15.4. The lowest BCUT2D eigenvalue weighted by Gasteiger charge is -2.40. The Balaban J connectivity index is 1.56. The van der Waals surface area contributed by atoms with Crippen molar-refractivity contribution in [2.45, 2.75) is 66.9 Å². The summed E-state index contributed by atoms with van der Waals surface area (Å²) >= 11 is 6.31. The van der Waals surface area contributed by atoms with Gasteiger partial charge in [-0.1, -0.05) is 31.5 Å². The molecule has 1 aromatic carbocycles. The number of carbonyl (C=O) groups is 1. The molecular formula is C33H43ClN4O3. The first-order chi connectivity index (χ1) is 19.4. The molecule has 0 bridgehead atoms. The highest BCUT2D eigenvalue weighted by atomic mass is 35.5. The number of nitrogens with zero attached hydrogens (tertiary/aromatic N) is 4. The Morgan fingerprint density at radius 2 is 1.83 bits per heavy atom. The van der Waals surface area contributed by atoms with Gasteiger partial charge in [-0.05, 0) is 75.8 Å². The van der Waals surface area contributed by atoms with Gasteiger partial charge in [0.05, 0.1) is 47.4 Å². The molecule has 3 heterocycles.